The quantitative estimate of drug-likeness (QED) is 0.699. The summed E-state index contributed by atoms with van der Waals surface area (Å²) in [5.74, 6) is 0.383. The Kier molecular flexibility index (Phi) is 7.39. The molecule has 0 radical (unpaired) electrons. The monoisotopic (exact) mass is 385 g/mol. The van der Waals surface area contributed by atoms with E-state index in [1.807, 2.05) is 0 Å². The number of nitrogens with one attached hydrogen (secondary N) is 1. The molecule has 4 heteroatoms. The van der Waals surface area contributed by atoms with Crippen LogP contribution in [0.5, 0.6) is 0 Å². The Morgan fingerprint density at radius 2 is 1.82 bits per heavy atom. The molecule has 0 saturated carbocycles. The Balaban J connectivity index is 1.78. The lowest BCUT2D eigenvalue weighted by atomic mass is 9.76. The average molecular weight is 386 g/mol. The zero-order chi connectivity index (χ0) is 20.0. The molecule has 2 amide bonds. The fourth-order valence-electron chi connectivity index (χ4n) is 5.01. The van der Waals surface area contributed by atoms with Crippen molar-refractivity contribution < 1.29 is 4.79 Å². The van der Waals surface area contributed by atoms with Crippen molar-refractivity contribution in [2.45, 2.75) is 83.2 Å². The molecule has 28 heavy (non-hydrogen) atoms. The summed E-state index contributed by atoms with van der Waals surface area (Å²) in [6, 6.07) is 11.5. The van der Waals surface area contributed by atoms with Gasteiger partial charge < -0.3 is 10.2 Å². The number of urea groups is 1. The van der Waals surface area contributed by atoms with E-state index in [2.05, 4.69) is 66.2 Å². The first-order valence-electron chi connectivity index (χ1n) is 11.4. The van der Waals surface area contributed by atoms with Crippen LogP contribution in [0, 0.1) is 0 Å². The van der Waals surface area contributed by atoms with E-state index < -0.39 is 0 Å². The predicted molar refractivity (Wildman–Crippen MR) is 117 cm³/mol. The van der Waals surface area contributed by atoms with Gasteiger partial charge in [0.05, 0.1) is 0 Å². The zero-order valence-electron chi connectivity index (χ0n) is 18.1. The number of nitrogens with zero attached hydrogens (tertiary/aromatic N) is 2. The van der Waals surface area contributed by atoms with Crippen LogP contribution < -0.4 is 5.32 Å². The molecule has 0 aliphatic carbocycles. The lowest BCUT2D eigenvalue weighted by Crippen LogP contribution is -2.62. The molecule has 2 fully saturated rings. The van der Waals surface area contributed by atoms with E-state index in [1.165, 1.54) is 50.8 Å². The van der Waals surface area contributed by atoms with Gasteiger partial charge in [-0.25, -0.2) is 4.79 Å². The second-order valence-corrected chi connectivity index (χ2v) is 9.25. The number of amides is 2. The number of carbonyl (C=O) groups excluding carboxylic acids is 1. The highest BCUT2D eigenvalue weighted by atomic mass is 16.2. The summed E-state index contributed by atoms with van der Waals surface area (Å²) in [7, 11) is 0. The Bertz CT molecular complexity index is 610. The van der Waals surface area contributed by atoms with Crippen molar-refractivity contribution in [2.75, 3.05) is 26.2 Å². The van der Waals surface area contributed by atoms with Crippen LogP contribution in [0.25, 0.3) is 0 Å². The standard InChI is InChI=1S/C24H39N3O/c1-4-5-10-15-25-23(28)27-19-21(20-13-8-6-9-14-20)22(18-24(27,2)3)26-16-11-7-12-17-26/h6,8-9,13-14,21-22H,4-5,7,10-12,15-19H2,1-3H3,(H,25,28). The minimum atomic E-state index is -0.123. The summed E-state index contributed by atoms with van der Waals surface area (Å²) >= 11 is 0. The number of likely N-dealkylation sites (tertiary alicyclic amines) is 2. The molecule has 2 unspecified atom stereocenters. The number of benzene rings is 1. The van der Waals surface area contributed by atoms with Gasteiger partial charge in [-0.1, -0.05) is 56.5 Å². The normalized spacial score (nSPS) is 25.5. The summed E-state index contributed by atoms with van der Waals surface area (Å²) < 4.78 is 0. The first-order chi connectivity index (χ1) is 13.5. The molecule has 4 nitrogen and oxygen atoms in total. The molecular formula is C24H39N3O. The van der Waals surface area contributed by atoms with E-state index in [-0.39, 0.29) is 11.6 Å². The fourth-order valence-corrected chi connectivity index (χ4v) is 5.01. The summed E-state index contributed by atoms with van der Waals surface area (Å²) in [6.45, 7) is 10.7. The van der Waals surface area contributed by atoms with Gasteiger partial charge in [0.15, 0.2) is 0 Å². The molecule has 0 aromatic heterocycles. The zero-order valence-corrected chi connectivity index (χ0v) is 18.1. The molecule has 2 aliphatic rings. The predicted octanol–water partition coefficient (Wildman–Crippen LogP) is 5.01. The maximum absolute atomic E-state index is 13.0. The second kappa shape index (κ2) is 9.78. The molecule has 2 heterocycles. The van der Waals surface area contributed by atoms with Crippen LogP contribution in [-0.4, -0.2) is 53.6 Å². The molecule has 0 bridgehead atoms. The Hall–Kier alpha value is -1.55. The lowest BCUT2D eigenvalue weighted by molar-refractivity contribution is 0.0191. The summed E-state index contributed by atoms with van der Waals surface area (Å²) in [6.07, 6.45) is 8.42. The summed E-state index contributed by atoms with van der Waals surface area (Å²) in [4.78, 5) is 17.9. The van der Waals surface area contributed by atoms with Crippen molar-refractivity contribution in [2.24, 2.45) is 0 Å². The van der Waals surface area contributed by atoms with E-state index in [4.69, 9.17) is 0 Å². The third-order valence-electron chi connectivity index (χ3n) is 6.67. The fraction of sp³-hybridized carbons (Fsp3) is 0.708. The van der Waals surface area contributed by atoms with Gasteiger partial charge in [-0.2, -0.15) is 0 Å². The largest absolute Gasteiger partial charge is 0.338 e. The van der Waals surface area contributed by atoms with Crippen LogP contribution in [-0.2, 0) is 0 Å². The van der Waals surface area contributed by atoms with Gasteiger partial charge >= 0.3 is 6.03 Å². The van der Waals surface area contributed by atoms with Crippen molar-refractivity contribution in [3.8, 4) is 0 Å². The van der Waals surface area contributed by atoms with Gasteiger partial charge in [-0.3, -0.25) is 4.90 Å². The minimum absolute atomic E-state index is 0.110. The minimum Gasteiger partial charge on any atom is -0.338 e. The first-order valence-corrected chi connectivity index (χ1v) is 11.4. The lowest BCUT2D eigenvalue weighted by Gasteiger charge is -2.52. The topological polar surface area (TPSA) is 35.6 Å². The van der Waals surface area contributed by atoms with E-state index in [1.54, 1.807) is 0 Å². The molecule has 1 N–H and O–H groups in total. The van der Waals surface area contributed by atoms with E-state index >= 15 is 0 Å². The molecule has 2 saturated heterocycles. The summed E-state index contributed by atoms with van der Waals surface area (Å²) in [5.41, 5.74) is 1.25. The van der Waals surface area contributed by atoms with Crippen LogP contribution in [0.15, 0.2) is 30.3 Å². The third-order valence-corrected chi connectivity index (χ3v) is 6.67. The molecule has 0 spiro atoms. The number of unbranched alkanes of at least 4 members (excludes halogenated alkanes) is 2. The Labute approximate surface area is 171 Å². The van der Waals surface area contributed by atoms with Crippen LogP contribution >= 0.6 is 0 Å². The number of carbonyl (C=O) groups is 1. The second-order valence-electron chi connectivity index (χ2n) is 9.25. The van der Waals surface area contributed by atoms with Crippen LogP contribution in [0.3, 0.4) is 0 Å². The van der Waals surface area contributed by atoms with Crippen molar-refractivity contribution in [3.05, 3.63) is 35.9 Å². The molecule has 2 aliphatic heterocycles. The highest BCUT2D eigenvalue weighted by molar-refractivity contribution is 5.75. The molecule has 1 aromatic rings. The number of rotatable bonds is 6. The van der Waals surface area contributed by atoms with Gasteiger partial charge in [0.1, 0.15) is 0 Å². The van der Waals surface area contributed by atoms with E-state index in [0.717, 1.165) is 25.9 Å². The molecule has 156 valence electrons. The number of hydrogen-bond donors (Lipinski definition) is 1. The molecule has 2 atom stereocenters. The average Bonchev–Trinajstić information content (AvgIpc) is 2.71. The highest BCUT2D eigenvalue weighted by Gasteiger charge is 2.45. The van der Waals surface area contributed by atoms with Gasteiger partial charge in [-0.05, 0) is 58.2 Å². The molecule has 3 rings (SSSR count). The van der Waals surface area contributed by atoms with Crippen LogP contribution in [0.4, 0.5) is 4.79 Å². The smallest absolute Gasteiger partial charge is 0.317 e. The first kappa shape index (κ1) is 21.2. The molecular weight excluding hydrogens is 346 g/mol. The summed E-state index contributed by atoms with van der Waals surface area (Å²) in [5, 5.41) is 3.18. The van der Waals surface area contributed by atoms with Crippen LogP contribution in [0.1, 0.15) is 77.2 Å². The maximum atomic E-state index is 13.0. The van der Waals surface area contributed by atoms with E-state index in [9.17, 15) is 4.79 Å². The van der Waals surface area contributed by atoms with Crippen LogP contribution in [0.2, 0.25) is 0 Å². The SMILES string of the molecule is CCCCCNC(=O)N1CC(c2ccccc2)C(N2CCCCC2)CC1(C)C. The van der Waals surface area contributed by atoms with Gasteiger partial charge in [0.25, 0.3) is 0 Å². The highest BCUT2D eigenvalue weighted by Crippen LogP contribution is 2.39. The van der Waals surface area contributed by atoms with Gasteiger partial charge in [-0.15, -0.1) is 0 Å². The van der Waals surface area contributed by atoms with Crippen molar-refractivity contribution >= 4 is 6.03 Å². The molecule has 1 aromatic carbocycles. The van der Waals surface area contributed by atoms with Crippen molar-refractivity contribution in [1.82, 2.24) is 15.1 Å². The third kappa shape index (κ3) is 5.08. The Morgan fingerprint density at radius 3 is 2.50 bits per heavy atom. The van der Waals surface area contributed by atoms with Crippen molar-refractivity contribution in [1.29, 1.82) is 0 Å². The number of hydrogen-bond acceptors (Lipinski definition) is 2. The van der Waals surface area contributed by atoms with Gasteiger partial charge in [0.2, 0.25) is 0 Å². The van der Waals surface area contributed by atoms with E-state index in [0.29, 0.717) is 12.0 Å². The maximum Gasteiger partial charge on any atom is 0.317 e. The van der Waals surface area contributed by atoms with Gasteiger partial charge in [0, 0.05) is 30.6 Å². The van der Waals surface area contributed by atoms with Crippen molar-refractivity contribution in [3.63, 3.8) is 0 Å². The number of piperidine rings is 2. The Morgan fingerprint density at radius 1 is 1.11 bits per heavy atom.